The fourth-order valence-electron chi connectivity index (χ4n) is 7.51. The molecule has 0 spiro atoms. The highest BCUT2D eigenvalue weighted by molar-refractivity contribution is 5.97. The van der Waals surface area contributed by atoms with Gasteiger partial charge in [0.25, 0.3) is 0 Å². The molecule has 40 heavy (non-hydrogen) atoms. The van der Waals surface area contributed by atoms with Crippen molar-refractivity contribution >= 4 is 23.9 Å². The van der Waals surface area contributed by atoms with Crippen molar-refractivity contribution in [3.63, 3.8) is 0 Å². The first-order valence-corrected chi connectivity index (χ1v) is 13.7. The van der Waals surface area contributed by atoms with Crippen LogP contribution in [0.3, 0.4) is 0 Å². The van der Waals surface area contributed by atoms with Gasteiger partial charge < -0.3 is 29.5 Å². The molecule has 0 aromatic heterocycles. The summed E-state index contributed by atoms with van der Waals surface area (Å²) in [5, 5.41) is 28.5. The molecule has 2 heterocycles. The zero-order valence-corrected chi connectivity index (χ0v) is 25.3. The first kappa shape index (κ1) is 31.5. The zero-order chi connectivity index (χ0) is 30.6. The van der Waals surface area contributed by atoms with Crippen molar-refractivity contribution in [2.75, 3.05) is 0 Å². The molecule has 0 atom stereocenters. The van der Waals surface area contributed by atoms with Gasteiger partial charge >= 0.3 is 11.9 Å². The average molecular weight is 559 g/mol. The molecule has 0 aliphatic carbocycles. The number of hydrogen-bond donors (Lipinski definition) is 0. The highest BCUT2D eigenvalue weighted by atomic mass is 16.7. The van der Waals surface area contributed by atoms with Crippen LogP contribution in [0.5, 0.6) is 0 Å². The number of carboxylic acid groups (broad SMARTS) is 2. The molecule has 0 amide bonds. The molecule has 222 valence electrons. The predicted molar refractivity (Wildman–Crippen MR) is 143 cm³/mol. The van der Waals surface area contributed by atoms with Gasteiger partial charge in [-0.2, -0.15) is 0 Å². The van der Waals surface area contributed by atoms with Gasteiger partial charge in [-0.05, 0) is 104 Å². The average Bonchev–Trinajstić information content (AvgIpc) is 2.76. The lowest BCUT2D eigenvalue weighted by Gasteiger charge is -2.54. The lowest BCUT2D eigenvalue weighted by Crippen LogP contribution is -2.60. The van der Waals surface area contributed by atoms with E-state index >= 15 is 0 Å². The molecule has 0 bridgehead atoms. The molecule has 2 aliphatic rings. The maximum atomic E-state index is 12.9. The smallest absolute Gasteiger partial charge is 0.322 e. The molecule has 2 aliphatic heterocycles. The lowest BCUT2D eigenvalue weighted by atomic mass is 9.67. The second-order valence-electron chi connectivity index (χ2n) is 13.8. The molecule has 0 saturated carbocycles. The third-order valence-electron chi connectivity index (χ3n) is 8.17. The Morgan fingerprint density at radius 1 is 0.675 bits per heavy atom. The zero-order valence-electron chi connectivity index (χ0n) is 25.3. The van der Waals surface area contributed by atoms with Gasteiger partial charge in [-0.15, -0.1) is 10.1 Å². The molecule has 1 aromatic rings. The summed E-state index contributed by atoms with van der Waals surface area (Å²) in [6, 6.07) is 2.99. The number of carboxylic acids is 2. The Balaban J connectivity index is 2.19. The van der Waals surface area contributed by atoms with Crippen LogP contribution in [0.25, 0.3) is 0 Å². The van der Waals surface area contributed by atoms with Gasteiger partial charge in [0.2, 0.25) is 0 Å². The van der Waals surface area contributed by atoms with Crippen LogP contribution in [0.1, 0.15) is 139 Å². The summed E-state index contributed by atoms with van der Waals surface area (Å²) in [6.45, 7) is 17.9. The van der Waals surface area contributed by atoms with Gasteiger partial charge in [-0.1, -0.05) is 12.1 Å². The van der Waals surface area contributed by atoms with Crippen LogP contribution in [0.4, 0.5) is 0 Å². The molecule has 0 unspecified atom stereocenters. The maximum Gasteiger partial charge on any atom is 0.322 e. The Labute approximate surface area is 236 Å². The lowest BCUT2D eigenvalue weighted by molar-refractivity contribution is -0.267. The van der Waals surface area contributed by atoms with Crippen LogP contribution < -0.4 is 10.2 Å². The van der Waals surface area contributed by atoms with Crippen molar-refractivity contribution in [1.82, 2.24) is 10.1 Å². The van der Waals surface area contributed by atoms with Crippen molar-refractivity contribution < 1.29 is 39.1 Å². The molecule has 0 radical (unpaired) electrons. The van der Waals surface area contributed by atoms with E-state index in [0.29, 0.717) is 31.2 Å². The molecular formula is C30H42N2O8-2. The summed E-state index contributed by atoms with van der Waals surface area (Å²) in [5.41, 5.74) is -2.41. The number of rotatable bonds is 6. The fraction of sp³-hybridized carbons (Fsp3) is 0.667. The van der Waals surface area contributed by atoms with E-state index in [1.807, 2.05) is 55.4 Å². The molecule has 1 aromatic carbocycles. The van der Waals surface area contributed by atoms with Crippen molar-refractivity contribution in [1.29, 1.82) is 0 Å². The summed E-state index contributed by atoms with van der Waals surface area (Å²) < 4.78 is 0. The van der Waals surface area contributed by atoms with E-state index in [-0.39, 0.29) is 22.6 Å². The number of aromatic carboxylic acids is 2. The van der Waals surface area contributed by atoms with E-state index in [4.69, 9.17) is 9.68 Å². The topological polar surface area (TPSA) is 139 Å². The third-order valence-corrected chi connectivity index (χ3v) is 8.17. The van der Waals surface area contributed by atoms with Crippen molar-refractivity contribution in [3.8, 4) is 0 Å². The van der Waals surface area contributed by atoms with Crippen molar-refractivity contribution in [3.05, 3.63) is 34.4 Å². The van der Waals surface area contributed by atoms with E-state index in [9.17, 15) is 29.4 Å². The molecule has 10 heteroatoms. The molecule has 3 rings (SSSR count). The van der Waals surface area contributed by atoms with Gasteiger partial charge in [0.15, 0.2) is 0 Å². The SMILES string of the molecule is CC(=O)ON1C(C)(C)CC(c2ccc(C(=O)[O-])c(C3CC(C)(C)N(OC(C)=O)C(C)(C)C3)c2C(=O)[O-])CC1(C)C. The van der Waals surface area contributed by atoms with Crippen LogP contribution in [-0.4, -0.2) is 56.2 Å². The molecule has 2 saturated heterocycles. The minimum Gasteiger partial charge on any atom is -0.545 e. The third kappa shape index (κ3) is 6.02. The second-order valence-corrected chi connectivity index (χ2v) is 13.8. The summed E-state index contributed by atoms with van der Waals surface area (Å²) in [4.78, 5) is 60.1. The Bertz CT molecular complexity index is 1180. The number of piperidine rings is 2. The minimum absolute atomic E-state index is 0.128. The monoisotopic (exact) mass is 558 g/mol. The Hall–Kier alpha value is -2.98. The van der Waals surface area contributed by atoms with Crippen LogP contribution in [-0.2, 0) is 19.3 Å². The van der Waals surface area contributed by atoms with Crippen LogP contribution >= 0.6 is 0 Å². The van der Waals surface area contributed by atoms with Gasteiger partial charge in [-0.25, -0.2) is 0 Å². The number of carbonyl (C=O) groups is 4. The van der Waals surface area contributed by atoms with Crippen LogP contribution in [0, 0.1) is 0 Å². The number of hydrogen-bond acceptors (Lipinski definition) is 10. The minimum atomic E-state index is -1.47. The van der Waals surface area contributed by atoms with E-state index in [1.54, 1.807) is 16.2 Å². The van der Waals surface area contributed by atoms with Gasteiger partial charge in [-0.3, -0.25) is 9.59 Å². The highest BCUT2D eigenvalue weighted by Crippen LogP contribution is 2.51. The highest BCUT2D eigenvalue weighted by Gasteiger charge is 2.51. The van der Waals surface area contributed by atoms with Crippen molar-refractivity contribution in [2.24, 2.45) is 0 Å². The molecular weight excluding hydrogens is 516 g/mol. The first-order chi connectivity index (χ1) is 18.1. The van der Waals surface area contributed by atoms with Gasteiger partial charge in [0, 0.05) is 25.0 Å². The number of carbonyl (C=O) groups excluding carboxylic acids is 4. The number of benzene rings is 1. The van der Waals surface area contributed by atoms with Crippen LogP contribution in [0.15, 0.2) is 12.1 Å². The maximum absolute atomic E-state index is 12.9. The summed E-state index contributed by atoms with van der Waals surface area (Å²) in [7, 11) is 0. The Kier molecular flexibility index (Phi) is 8.24. The van der Waals surface area contributed by atoms with E-state index in [1.165, 1.54) is 19.9 Å². The Morgan fingerprint density at radius 3 is 1.38 bits per heavy atom. The van der Waals surface area contributed by atoms with Crippen molar-refractivity contribution in [2.45, 2.75) is 129 Å². The van der Waals surface area contributed by atoms with Gasteiger partial charge in [0.05, 0.1) is 34.1 Å². The predicted octanol–water partition coefficient (Wildman–Crippen LogP) is 2.84. The molecule has 2 fully saturated rings. The quantitative estimate of drug-likeness (QED) is 0.512. The normalized spacial score (nSPS) is 22.9. The Morgan fingerprint density at radius 2 is 1.05 bits per heavy atom. The van der Waals surface area contributed by atoms with Crippen LogP contribution in [0.2, 0.25) is 0 Å². The molecule has 0 N–H and O–H groups in total. The largest absolute Gasteiger partial charge is 0.545 e. The van der Waals surface area contributed by atoms with E-state index < -0.39 is 52.0 Å². The van der Waals surface area contributed by atoms with E-state index in [0.717, 1.165) is 0 Å². The summed E-state index contributed by atoms with van der Waals surface area (Å²) >= 11 is 0. The van der Waals surface area contributed by atoms with E-state index in [2.05, 4.69) is 0 Å². The summed E-state index contributed by atoms with van der Waals surface area (Å²) in [5.74, 6) is -4.63. The number of nitrogens with zero attached hydrogens (tertiary/aromatic N) is 2. The van der Waals surface area contributed by atoms with Gasteiger partial charge in [0.1, 0.15) is 0 Å². The fourth-order valence-corrected chi connectivity index (χ4v) is 7.51. The first-order valence-electron chi connectivity index (χ1n) is 13.7. The second kappa shape index (κ2) is 10.4. The molecule has 10 nitrogen and oxygen atoms in total. The standard InChI is InChI=1S/C30H44N2O8/c1-17(33)39-31-27(3,4)13-19(14-28(31,5)6)21-11-12-22(25(35)36)23(24(21)26(37)38)20-15-29(7,8)32(40-18(2)34)30(9,10)16-20/h11-12,19-20H,13-16H2,1-10H3,(H,35,36)(H,37,38)/p-2. The number of hydroxylamine groups is 4. The summed E-state index contributed by atoms with van der Waals surface area (Å²) in [6.07, 6.45) is 1.57.